The summed E-state index contributed by atoms with van der Waals surface area (Å²) in [6.07, 6.45) is 0.490. The van der Waals surface area contributed by atoms with Crippen molar-refractivity contribution in [2.45, 2.75) is 33.8 Å². The van der Waals surface area contributed by atoms with Crippen LogP contribution < -0.4 is 4.74 Å². The smallest absolute Gasteiger partial charge is 0.166 e. The fourth-order valence-electron chi connectivity index (χ4n) is 2.07. The summed E-state index contributed by atoms with van der Waals surface area (Å²) in [4.78, 5) is 11.9. The molecule has 2 aromatic carbocycles. The van der Waals surface area contributed by atoms with E-state index in [1.54, 1.807) is 0 Å². The molecule has 0 fully saturated rings. The van der Waals surface area contributed by atoms with Gasteiger partial charge in [-0.25, -0.2) is 0 Å². The molecule has 0 aliphatic heterocycles. The maximum Gasteiger partial charge on any atom is 0.166 e. The molecule has 2 nitrogen and oxygen atoms in total. The average Bonchev–Trinajstić information content (AvgIpc) is 2.48. The standard InChI is InChI=1S/C18H20O2/c1-4-17(19)16-7-5-6-8-18(16)20-12-15-10-9-13(2)14(3)11-15/h5-11H,4,12H2,1-3H3. The molecule has 0 amide bonds. The van der Waals surface area contributed by atoms with Crippen LogP contribution in [0, 0.1) is 13.8 Å². The highest BCUT2D eigenvalue weighted by molar-refractivity contribution is 5.98. The molecular weight excluding hydrogens is 248 g/mol. The van der Waals surface area contributed by atoms with Crippen LogP contribution in [0.4, 0.5) is 0 Å². The van der Waals surface area contributed by atoms with Gasteiger partial charge in [-0.05, 0) is 42.7 Å². The van der Waals surface area contributed by atoms with Crippen molar-refractivity contribution in [1.82, 2.24) is 0 Å². The summed E-state index contributed by atoms with van der Waals surface area (Å²) < 4.78 is 5.82. The summed E-state index contributed by atoms with van der Waals surface area (Å²) in [5, 5.41) is 0. The first-order chi connectivity index (χ1) is 9.61. The van der Waals surface area contributed by atoms with Crippen molar-refractivity contribution in [3.05, 3.63) is 64.7 Å². The molecule has 0 bridgehead atoms. The van der Waals surface area contributed by atoms with Crippen LogP contribution in [0.1, 0.15) is 40.4 Å². The summed E-state index contributed by atoms with van der Waals surface area (Å²) in [5.74, 6) is 0.776. The van der Waals surface area contributed by atoms with E-state index in [-0.39, 0.29) is 5.78 Å². The highest BCUT2D eigenvalue weighted by Gasteiger charge is 2.10. The normalized spacial score (nSPS) is 10.3. The highest BCUT2D eigenvalue weighted by Crippen LogP contribution is 2.21. The van der Waals surface area contributed by atoms with Gasteiger partial charge in [0.05, 0.1) is 5.56 Å². The second kappa shape index (κ2) is 6.38. The zero-order valence-corrected chi connectivity index (χ0v) is 12.3. The monoisotopic (exact) mass is 268 g/mol. The first kappa shape index (κ1) is 14.3. The molecule has 2 aromatic rings. The molecule has 20 heavy (non-hydrogen) atoms. The van der Waals surface area contributed by atoms with Crippen molar-refractivity contribution >= 4 is 5.78 Å². The van der Waals surface area contributed by atoms with Gasteiger partial charge in [0.1, 0.15) is 12.4 Å². The van der Waals surface area contributed by atoms with E-state index in [9.17, 15) is 4.79 Å². The zero-order chi connectivity index (χ0) is 14.5. The predicted octanol–water partition coefficient (Wildman–Crippen LogP) is 4.48. The van der Waals surface area contributed by atoms with E-state index < -0.39 is 0 Å². The molecule has 0 atom stereocenters. The van der Waals surface area contributed by atoms with Crippen molar-refractivity contribution in [2.24, 2.45) is 0 Å². The van der Waals surface area contributed by atoms with Crippen molar-refractivity contribution in [2.75, 3.05) is 0 Å². The Bertz CT molecular complexity index is 615. The molecule has 0 radical (unpaired) electrons. The lowest BCUT2D eigenvalue weighted by Crippen LogP contribution is -2.03. The number of para-hydroxylation sites is 1. The lowest BCUT2D eigenvalue weighted by atomic mass is 10.1. The molecule has 2 rings (SSSR count). The number of ketones is 1. The number of Topliss-reactive ketones (excluding diaryl/α,β-unsaturated/α-hetero) is 1. The van der Waals surface area contributed by atoms with Gasteiger partial charge in [0, 0.05) is 6.42 Å². The maximum absolute atomic E-state index is 11.9. The lowest BCUT2D eigenvalue weighted by Gasteiger charge is -2.11. The van der Waals surface area contributed by atoms with Crippen molar-refractivity contribution in [3.63, 3.8) is 0 Å². The molecule has 0 spiro atoms. The Labute approximate surface area is 120 Å². The Morgan fingerprint density at radius 1 is 1.05 bits per heavy atom. The summed E-state index contributed by atoms with van der Waals surface area (Å²) in [7, 11) is 0. The SMILES string of the molecule is CCC(=O)c1ccccc1OCc1ccc(C)c(C)c1. The van der Waals surface area contributed by atoms with Crippen LogP contribution in [0.2, 0.25) is 0 Å². The van der Waals surface area contributed by atoms with E-state index in [0.29, 0.717) is 24.3 Å². The van der Waals surface area contributed by atoms with Gasteiger partial charge in [0.25, 0.3) is 0 Å². The Hall–Kier alpha value is -2.09. The molecule has 2 heteroatoms. The minimum Gasteiger partial charge on any atom is -0.488 e. The van der Waals surface area contributed by atoms with E-state index in [1.165, 1.54) is 11.1 Å². The van der Waals surface area contributed by atoms with Gasteiger partial charge in [-0.2, -0.15) is 0 Å². The Morgan fingerprint density at radius 2 is 1.80 bits per heavy atom. The van der Waals surface area contributed by atoms with Gasteiger partial charge in [-0.15, -0.1) is 0 Å². The van der Waals surface area contributed by atoms with Crippen LogP contribution >= 0.6 is 0 Å². The van der Waals surface area contributed by atoms with Crippen LogP contribution in [0.15, 0.2) is 42.5 Å². The van der Waals surface area contributed by atoms with E-state index in [4.69, 9.17) is 4.74 Å². The number of carbonyl (C=O) groups excluding carboxylic acids is 1. The number of benzene rings is 2. The van der Waals surface area contributed by atoms with Gasteiger partial charge in [0.2, 0.25) is 0 Å². The summed E-state index contributed by atoms with van der Waals surface area (Å²) in [6, 6.07) is 13.7. The number of rotatable bonds is 5. The molecule has 0 aliphatic rings. The number of carbonyl (C=O) groups is 1. The maximum atomic E-state index is 11.9. The summed E-state index contributed by atoms with van der Waals surface area (Å²) in [6.45, 7) is 6.53. The molecule has 0 aromatic heterocycles. The van der Waals surface area contributed by atoms with E-state index >= 15 is 0 Å². The highest BCUT2D eigenvalue weighted by atomic mass is 16.5. The van der Waals surface area contributed by atoms with E-state index in [1.807, 2.05) is 31.2 Å². The minimum atomic E-state index is 0.112. The predicted molar refractivity (Wildman–Crippen MR) is 81.3 cm³/mol. The summed E-state index contributed by atoms with van der Waals surface area (Å²) in [5.41, 5.74) is 4.31. The first-order valence-electron chi connectivity index (χ1n) is 6.93. The first-order valence-corrected chi connectivity index (χ1v) is 6.93. The molecule has 0 unspecified atom stereocenters. The third-order valence-electron chi connectivity index (χ3n) is 3.47. The molecule has 0 N–H and O–H groups in total. The van der Waals surface area contributed by atoms with E-state index in [2.05, 4.69) is 32.0 Å². The Kier molecular flexibility index (Phi) is 4.57. The van der Waals surface area contributed by atoms with Gasteiger partial charge in [-0.3, -0.25) is 4.79 Å². The number of aryl methyl sites for hydroxylation is 2. The molecule has 0 saturated carbocycles. The van der Waals surface area contributed by atoms with Crippen LogP contribution in [0.25, 0.3) is 0 Å². The van der Waals surface area contributed by atoms with Crippen LogP contribution in [0.3, 0.4) is 0 Å². The van der Waals surface area contributed by atoms with Crippen molar-refractivity contribution in [1.29, 1.82) is 0 Å². The van der Waals surface area contributed by atoms with E-state index in [0.717, 1.165) is 5.56 Å². The molecule has 104 valence electrons. The third kappa shape index (κ3) is 3.27. The third-order valence-corrected chi connectivity index (χ3v) is 3.47. The molecule has 0 saturated heterocycles. The largest absolute Gasteiger partial charge is 0.488 e. The average molecular weight is 268 g/mol. The van der Waals surface area contributed by atoms with Crippen LogP contribution in [-0.4, -0.2) is 5.78 Å². The molecule has 0 aliphatic carbocycles. The Morgan fingerprint density at radius 3 is 2.50 bits per heavy atom. The second-order valence-electron chi connectivity index (χ2n) is 4.98. The molecule has 0 heterocycles. The van der Waals surface area contributed by atoms with Gasteiger partial charge >= 0.3 is 0 Å². The zero-order valence-electron chi connectivity index (χ0n) is 12.3. The number of hydrogen-bond acceptors (Lipinski definition) is 2. The summed E-state index contributed by atoms with van der Waals surface area (Å²) >= 11 is 0. The fraction of sp³-hybridized carbons (Fsp3) is 0.278. The van der Waals surface area contributed by atoms with Crippen LogP contribution in [0.5, 0.6) is 5.75 Å². The lowest BCUT2D eigenvalue weighted by molar-refractivity contribution is 0.0983. The Balaban J connectivity index is 2.14. The second-order valence-corrected chi connectivity index (χ2v) is 4.98. The number of hydrogen-bond donors (Lipinski definition) is 0. The topological polar surface area (TPSA) is 26.3 Å². The quantitative estimate of drug-likeness (QED) is 0.748. The van der Waals surface area contributed by atoms with Gasteiger partial charge < -0.3 is 4.74 Å². The van der Waals surface area contributed by atoms with Gasteiger partial charge in [-0.1, -0.05) is 37.3 Å². The van der Waals surface area contributed by atoms with Crippen LogP contribution in [-0.2, 0) is 6.61 Å². The van der Waals surface area contributed by atoms with Gasteiger partial charge in [0.15, 0.2) is 5.78 Å². The van der Waals surface area contributed by atoms with Crippen molar-refractivity contribution in [3.8, 4) is 5.75 Å². The fourth-order valence-corrected chi connectivity index (χ4v) is 2.07. The van der Waals surface area contributed by atoms with Crippen molar-refractivity contribution < 1.29 is 9.53 Å². The number of ether oxygens (including phenoxy) is 1. The minimum absolute atomic E-state index is 0.112. The molecular formula is C18H20O2.